The van der Waals surface area contributed by atoms with E-state index in [-0.39, 0.29) is 12.5 Å². The van der Waals surface area contributed by atoms with Gasteiger partial charge in [0.15, 0.2) is 12.4 Å². The van der Waals surface area contributed by atoms with E-state index in [1.165, 1.54) is 12.0 Å². The Bertz CT molecular complexity index is 981. The van der Waals surface area contributed by atoms with Crippen LogP contribution in [0.1, 0.15) is 36.5 Å². The van der Waals surface area contributed by atoms with Gasteiger partial charge in [-0.15, -0.1) is 10.2 Å². The number of aromatic nitrogens is 3. The first-order valence-electron chi connectivity index (χ1n) is 10.3. The Hall–Kier alpha value is -3.35. The third-order valence-corrected chi connectivity index (χ3v) is 5.08. The maximum absolute atomic E-state index is 12.2. The molecule has 7 heteroatoms. The molecular weight excluding hydrogens is 380 g/mol. The Kier molecular flexibility index (Phi) is 6.27. The van der Waals surface area contributed by atoms with Crippen LogP contribution in [0.15, 0.2) is 48.5 Å². The lowest BCUT2D eigenvalue weighted by Gasteiger charge is -2.10. The number of rotatable bonds is 7. The van der Waals surface area contributed by atoms with Crippen molar-refractivity contribution in [1.82, 2.24) is 20.1 Å². The third kappa shape index (κ3) is 5.17. The molecule has 0 bridgehead atoms. The van der Waals surface area contributed by atoms with Crippen molar-refractivity contribution < 1.29 is 14.3 Å². The number of nitrogens with zero attached hydrogens (tertiary/aromatic N) is 3. The second-order valence-corrected chi connectivity index (χ2v) is 7.45. The van der Waals surface area contributed by atoms with Crippen molar-refractivity contribution in [3.8, 4) is 17.2 Å². The molecule has 2 heterocycles. The van der Waals surface area contributed by atoms with E-state index in [4.69, 9.17) is 9.47 Å². The van der Waals surface area contributed by atoms with Crippen LogP contribution in [0.3, 0.4) is 0 Å². The predicted octanol–water partition coefficient (Wildman–Crippen LogP) is 3.80. The highest BCUT2D eigenvalue weighted by atomic mass is 16.5. The van der Waals surface area contributed by atoms with Crippen LogP contribution in [-0.2, 0) is 24.3 Å². The SMILES string of the molecule is Cc1ccc(Oc2ccc(OCC(=O)NCc3nnc4n3CCCCC4)cc2)cc1. The summed E-state index contributed by atoms with van der Waals surface area (Å²) in [4.78, 5) is 12.2. The van der Waals surface area contributed by atoms with Crippen molar-refractivity contribution in [2.24, 2.45) is 0 Å². The van der Waals surface area contributed by atoms with Crippen LogP contribution in [0, 0.1) is 6.92 Å². The molecule has 1 amide bonds. The number of carbonyl (C=O) groups is 1. The van der Waals surface area contributed by atoms with Gasteiger partial charge in [-0.2, -0.15) is 0 Å². The summed E-state index contributed by atoms with van der Waals surface area (Å²) in [6, 6.07) is 15.1. The summed E-state index contributed by atoms with van der Waals surface area (Å²) in [6.07, 6.45) is 4.43. The van der Waals surface area contributed by atoms with Crippen molar-refractivity contribution in [1.29, 1.82) is 0 Å². The molecule has 0 unspecified atom stereocenters. The average molecular weight is 406 g/mol. The Morgan fingerprint density at radius 3 is 2.43 bits per heavy atom. The van der Waals surface area contributed by atoms with Crippen molar-refractivity contribution in [2.45, 2.75) is 45.7 Å². The number of hydrogen-bond donors (Lipinski definition) is 1. The molecule has 4 rings (SSSR count). The molecule has 156 valence electrons. The minimum atomic E-state index is -0.194. The Balaban J connectivity index is 1.24. The topological polar surface area (TPSA) is 78.3 Å². The van der Waals surface area contributed by atoms with E-state index in [1.807, 2.05) is 43.3 Å². The van der Waals surface area contributed by atoms with E-state index in [1.54, 1.807) is 12.1 Å². The number of amides is 1. The summed E-state index contributed by atoms with van der Waals surface area (Å²) in [5.41, 5.74) is 1.18. The normalized spacial score (nSPS) is 13.2. The molecule has 0 aliphatic carbocycles. The number of nitrogens with one attached hydrogen (secondary N) is 1. The highest BCUT2D eigenvalue weighted by Gasteiger charge is 2.15. The van der Waals surface area contributed by atoms with Gasteiger partial charge in [-0.3, -0.25) is 4.79 Å². The lowest BCUT2D eigenvalue weighted by atomic mass is 10.2. The van der Waals surface area contributed by atoms with Gasteiger partial charge in [-0.05, 0) is 56.2 Å². The van der Waals surface area contributed by atoms with Gasteiger partial charge in [0.1, 0.15) is 23.1 Å². The zero-order valence-electron chi connectivity index (χ0n) is 17.1. The molecule has 0 atom stereocenters. The molecule has 0 radical (unpaired) electrons. The van der Waals surface area contributed by atoms with E-state index in [0.717, 1.165) is 43.2 Å². The molecule has 0 saturated heterocycles. The summed E-state index contributed by atoms with van der Waals surface area (Å²) in [7, 11) is 0. The fourth-order valence-corrected chi connectivity index (χ4v) is 3.40. The van der Waals surface area contributed by atoms with Gasteiger partial charge in [0.2, 0.25) is 0 Å². The van der Waals surface area contributed by atoms with Crippen LogP contribution >= 0.6 is 0 Å². The first-order chi connectivity index (χ1) is 14.7. The fraction of sp³-hybridized carbons (Fsp3) is 0.348. The highest BCUT2D eigenvalue weighted by Crippen LogP contribution is 2.24. The lowest BCUT2D eigenvalue weighted by molar-refractivity contribution is -0.123. The van der Waals surface area contributed by atoms with Crippen LogP contribution in [0.5, 0.6) is 17.2 Å². The number of fused-ring (bicyclic) bond motifs is 1. The Labute approximate surface area is 176 Å². The molecule has 1 aliphatic rings. The predicted molar refractivity (Wildman–Crippen MR) is 113 cm³/mol. The first kappa shape index (κ1) is 19.9. The number of hydrogen-bond acceptors (Lipinski definition) is 5. The van der Waals surface area contributed by atoms with Crippen LogP contribution in [0.2, 0.25) is 0 Å². The van der Waals surface area contributed by atoms with E-state index in [0.29, 0.717) is 18.0 Å². The zero-order valence-corrected chi connectivity index (χ0v) is 17.1. The number of aryl methyl sites for hydroxylation is 2. The number of carbonyl (C=O) groups excluding carboxylic acids is 1. The van der Waals surface area contributed by atoms with Crippen LogP contribution < -0.4 is 14.8 Å². The van der Waals surface area contributed by atoms with Gasteiger partial charge in [0.05, 0.1) is 6.54 Å². The van der Waals surface area contributed by atoms with Gasteiger partial charge < -0.3 is 19.4 Å². The molecule has 1 N–H and O–H groups in total. The summed E-state index contributed by atoms with van der Waals surface area (Å²) in [5, 5.41) is 11.3. The molecule has 3 aromatic rings. The molecule has 0 saturated carbocycles. The van der Waals surface area contributed by atoms with Gasteiger partial charge in [-0.25, -0.2) is 0 Å². The summed E-state index contributed by atoms with van der Waals surface area (Å²) in [5.74, 6) is 3.72. The fourth-order valence-electron chi connectivity index (χ4n) is 3.40. The first-order valence-corrected chi connectivity index (χ1v) is 10.3. The minimum Gasteiger partial charge on any atom is -0.484 e. The highest BCUT2D eigenvalue weighted by molar-refractivity contribution is 5.77. The summed E-state index contributed by atoms with van der Waals surface area (Å²) in [6.45, 7) is 3.26. The van der Waals surface area contributed by atoms with Gasteiger partial charge in [0, 0.05) is 13.0 Å². The van der Waals surface area contributed by atoms with Gasteiger partial charge >= 0.3 is 0 Å². The molecule has 1 aliphatic heterocycles. The van der Waals surface area contributed by atoms with Gasteiger partial charge in [0.25, 0.3) is 5.91 Å². The lowest BCUT2D eigenvalue weighted by Crippen LogP contribution is -2.29. The molecule has 7 nitrogen and oxygen atoms in total. The molecule has 2 aromatic carbocycles. The third-order valence-electron chi connectivity index (χ3n) is 5.08. The van der Waals surface area contributed by atoms with Crippen molar-refractivity contribution in [3.63, 3.8) is 0 Å². The average Bonchev–Trinajstić information content (AvgIpc) is 2.99. The van der Waals surface area contributed by atoms with E-state index in [9.17, 15) is 4.79 Å². The van der Waals surface area contributed by atoms with Crippen LogP contribution in [-0.4, -0.2) is 27.3 Å². The smallest absolute Gasteiger partial charge is 0.258 e. The zero-order chi connectivity index (χ0) is 20.8. The van der Waals surface area contributed by atoms with Crippen LogP contribution in [0.4, 0.5) is 0 Å². The number of benzene rings is 2. The maximum atomic E-state index is 12.2. The summed E-state index contributed by atoms with van der Waals surface area (Å²) >= 11 is 0. The minimum absolute atomic E-state index is 0.0564. The van der Waals surface area contributed by atoms with Crippen LogP contribution in [0.25, 0.3) is 0 Å². The van der Waals surface area contributed by atoms with Crippen molar-refractivity contribution in [2.75, 3.05) is 6.61 Å². The van der Waals surface area contributed by atoms with Crippen molar-refractivity contribution >= 4 is 5.91 Å². The Morgan fingerprint density at radius 2 is 1.67 bits per heavy atom. The molecule has 30 heavy (non-hydrogen) atoms. The molecular formula is C23H26N4O3. The quantitative estimate of drug-likeness (QED) is 0.646. The molecule has 1 aromatic heterocycles. The van der Waals surface area contributed by atoms with E-state index in [2.05, 4.69) is 20.1 Å². The summed E-state index contributed by atoms with van der Waals surface area (Å²) < 4.78 is 13.5. The number of ether oxygens (including phenoxy) is 2. The second-order valence-electron chi connectivity index (χ2n) is 7.45. The largest absolute Gasteiger partial charge is 0.484 e. The second kappa shape index (κ2) is 9.43. The van der Waals surface area contributed by atoms with E-state index < -0.39 is 0 Å². The van der Waals surface area contributed by atoms with E-state index >= 15 is 0 Å². The Morgan fingerprint density at radius 1 is 0.967 bits per heavy atom. The van der Waals surface area contributed by atoms with Crippen molar-refractivity contribution in [3.05, 3.63) is 65.7 Å². The standard InChI is InChI=1S/C23H26N4O3/c1-17-6-8-19(9-7-17)30-20-12-10-18(11-13-20)29-16-23(28)24-15-22-26-25-21-5-3-2-4-14-27(21)22/h6-13H,2-5,14-16H2,1H3,(H,24,28). The van der Waals surface area contributed by atoms with Gasteiger partial charge in [-0.1, -0.05) is 24.1 Å². The monoisotopic (exact) mass is 406 g/mol. The maximum Gasteiger partial charge on any atom is 0.258 e. The molecule has 0 fully saturated rings. The molecule has 0 spiro atoms.